The zero-order chi connectivity index (χ0) is 14.4. The average Bonchev–Trinajstić information content (AvgIpc) is 2.47. The summed E-state index contributed by atoms with van der Waals surface area (Å²) in [6.45, 7) is 3.38. The third kappa shape index (κ3) is 4.20. The third-order valence-electron chi connectivity index (χ3n) is 3.52. The second kappa shape index (κ2) is 7.63. The zero-order valence-corrected chi connectivity index (χ0v) is 13.1. The summed E-state index contributed by atoms with van der Waals surface area (Å²) in [6, 6.07) is 8.05. The van der Waals surface area contributed by atoms with Crippen LogP contribution < -0.4 is 10.6 Å². The Morgan fingerprint density at radius 3 is 2.75 bits per heavy atom. The van der Waals surface area contributed by atoms with Gasteiger partial charge >= 0.3 is 0 Å². The summed E-state index contributed by atoms with van der Waals surface area (Å²) >= 11 is 3.46. The number of hydrogen-bond donors (Lipinski definition) is 1. The highest BCUT2D eigenvalue weighted by Crippen LogP contribution is 2.26. The second-order valence-electron chi connectivity index (χ2n) is 5.01. The molecule has 0 radical (unpaired) electrons. The van der Waals surface area contributed by atoms with Crippen LogP contribution in [0, 0.1) is 11.3 Å². The highest BCUT2D eigenvalue weighted by molar-refractivity contribution is 9.10. The number of piperidine rings is 1. The minimum absolute atomic E-state index is 0.348. The molecule has 1 aliphatic heterocycles. The van der Waals surface area contributed by atoms with E-state index in [1.165, 1.54) is 0 Å². The molecule has 1 aromatic rings. The fourth-order valence-electron chi connectivity index (χ4n) is 2.44. The summed E-state index contributed by atoms with van der Waals surface area (Å²) in [7, 11) is 0. The highest BCUT2D eigenvalue weighted by Gasteiger charge is 2.20. The third-order valence-corrected chi connectivity index (χ3v) is 3.98. The first-order valence-electron chi connectivity index (χ1n) is 7.00. The summed E-state index contributed by atoms with van der Waals surface area (Å²) in [5.74, 6) is 0. The molecule has 1 heterocycles. The number of anilines is 1. The number of rotatable bonds is 5. The molecule has 0 aromatic heterocycles. The molecule has 0 aliphatic carbocycles. The van der Waals surface area contributed by atoms with Crippen molar-refractivity contribution in [2.24, 2.45) is 5.73 Å². The van der Waals surface area contributed by atoms with Crippen molar-refractivity contribution in [2.75, 3.05) is 31.1 Å². The van der Waals surface area contributed by atoms with Crippen molar-refractivity contribution in [1.29, 1.82) is 5.26 Å². The van der Waals surface area contributed by atoms with Crippen LogP contribution in [0.5, 0.6) is 0 Å². The van der Waals surface area contributed by atoms with E-state index in [2.05, 4.69) is 33.0 Å². The van der Waals surface area contributed by atoms with Gasteiger partial charge in [0.2, 0.25) is 0 Å². The molecule has 2 N–H and O–H groups in total. The molecule has 0 unspecified atom stereocenters. The van der Waals surface area contributed by atoms with Crippen LogP contribution in [0.15, 0.2) is 22.7 Å². The molecule has 0 atom stereocenters. The Balaban J connectivity index is 1.90. The van der Waals surface area contributed by atoms with Gasteiger partial charge in [-0.25, -0.2) is 0 Å². The predicted octanol–water partition coefficient (Wildman–Crippen LogP) is 2.65. The molecule has 1 aliphatic rings. The van der Waals surface area contributed by atoms with Gasteiger partial charge in [-0.3, -0.25) is 0 Å². The Bertz CT molecular complexity index is 478. The van der Waals surface area contributed by atoms with E-state index < -0.39 is 0 Å². The van der Waals surface area contributed by atoms with E-state index in [9.17, 15) is 0 Å². The van der Waals surface area contributed by atoms with Gasteiger partial charge in [0.25, 0.3) is 0 Å². The van der Waals surface area contributed by atoms with Gasteiger partial charge in [0, 0.05) is 29.9 Å². The lowest BCUT2D eigenvalue weighted by molar-refractivity contribution is 0.0366. The van der Waals surface area contributed by atoms with E-state index in [-0.39, 0.29) is 0 Å². The smallest absolute Gasteiger partial charge is 0.0992 e. The standard InChI is InChI=1S/C15H20BrN3O/c16-13-8-12(11-18)9-14(10-13)19-5-2-15(3-6-19)20-7-1-4-17/h8-10,15H,1-7,17H2. The van der Waals surface area contributed by atoms with Crippen molar-refractivity contribution in [3.8, 4) is 6.07 Å². The molecule has 108 valence electrons. The van der Waals surface area contributed by atoms with Gasteiger partial charge in [-0.2, -0.15) is 5.26 Å². The van der Waals surface area contributed by atoms with Crippen LogP contribution in [0.2, 0.25) is 0 Å². The van der Waals surface area contributed by atoms with Crippen molar-refractivity contribution < 1.29 is 4.74 Å². The SMILES string of the molecule is N#Cc1cc(Br)cc(N2CCC(OCCCN)CC2)c1. The maximum atomic E-state index is 9.03. The average molecular weight is 338 g/mol. The van der Waals surface area contributed by atoms with E-state index >= 15 is 0 Å². The number of nitriles is 1. The van der Waals surface area contributed by atoms with Crippen molar-refractivity contribution in [3.63, 3.8) is 0 Å². The number of benzene rings is 1. The zero-order valence-electron chi connectivity index (χ0n) is 11.5. The number of nitrogens with zero attached hydrogens (tertiary/aromatic N) is 2. The van der Waals surface area contributed by atoms with E-state index in [0.717, 1.165) is 49.1 Å². The fourth-order valence-corrected chi connectivity index (χ4v) is 2.92. The number of hydrogen-bond acceptors (Lipinski definition) is 4. The first-order valence-corrected chi connectivity index (χ1v) is 7.79. The summed E-state index contributed by atoms with van der Waals surface area (Å²) in [4.78, 5) is 2.31. The van der Waals surface area contributed by atoms with Crippen LogP contribution in [0.1, 0.15) is 24.8 Å². The topological polar surface area (TPSA) is 62.3 Å². The predicted molar refractivity (Wildman–Crippen MR) is 83.7 cm³/mol. The van der Waals surface area contributed by atoms with Gasteiger partial charge < -0.3 is 15.4 Å². The molecular weight excluding hydrogens is 318 g/mol. The second-order valence-corrected chi connectivity index (χ2v) is 5.93. The molecular formula is C15H20BrN3O. The first kappa shape index (κ1) is 15.3. The minimum Gasteiger partial charge on any atom is -0.378 e. The Morgan fingerprint density at radius 2 is 2.10 bits per heavy atom. The van der Waals surface area contributed by atoms with Crippen LogP contribution in [0.4, 0.5) is 5.69 Å². The monoisotopic (exact) mass is 337 g/mol. The number of nitrogens with two attached hydrogens (primary N) is 1. The molecule has 0 bridgehead atoms. The van der Waals surface area contributed by atoms with Crippen LogP contribution in [-0.2, 0) is 4.74 Å². The van der Waals surface area contributed by atoms with Gasteiger partial charge in [0.1, 0.15) is 0 Å². The maximum Gasteiger partial charge on any atom is 0.0992 e. The molecule has 0 amide bonds. The molecule has 1 aromatic carbocycles. The number of ether oxygens (including phenoxy) is 1. The van der Waals surface area contributed by atoms with Crippen molar-refractivity contribution in [3.05, 3.63) is 28.2 Å². The summed E-state index contributed by atoms with van der Waals surface area (Å²) in [6.07, 6.45) is 3.33. The maximum absolute atomic E-state index is 9.03. The van der Waals surface area contributed by atoms with Crippen LogP contribution in [0.3, 0.4) is 0 Å². The Labute approximate surface area is 128 Å². The molecule has 5 heteroatoms. The summed E-state index contributed by atoms with van der Waals surface area (Å²) < 4.78 is 6.76. The Hall–Kier alpha value is -1.09. The number of halogens is 1. The van der Waals surface area contributed by atoms with Crippen LogP contribution >= 0.6 is 15.9 Å². The van der Waals surface area contributed by atoms with Crippen molar-refractivity contribution >= 4 is 21.6 Å². The minimum atomic E-state index is 0.348. The van der Waals surface area contributed by atoms with Gasteiger partial charge in [-0.1, -0.05) is 15.9 Å². The van der Waals surface area contributed by atoms with Crippen LogP contribution in [-0.4, -0.2) is 32.3 Å². The summed E-state index contributed by atoms with van der Waals surface area (Å²) in [5, 5.41) is 9.03. The first-order chi connectivity index (χ1) is 9.72. The fraction of sp³-hybridized carbons (Fsp3) is 0.533. The lowest BCUT2D eigenvalue weighted by Gasteiger charge is -2.33. The largest absolute Gasteiger partial charge is 0.378 e. The summed E-state index contributed by atoms with van der Waals surface area (Å²) in [5.41, 5.74) is 7.26. The lowest BCUT2D eigenvalue weighted by Crippen LogP contribution is -2.37. The van der Waals surface area contributed by atoms with E-state index in [1.807, 2.05) is 12.1 Å². The molecule has 0 spiro atoms. The van der Waals surface area contributed by atoms with Crippen LogP contribution in [0.25, 0.3) is 0 Å². The molecule has 20 heavy (non-hydrogen) atoms. The van der Waals surface area contributed by atoms with E-state index in [1.54, 1.807) is 0 Å². The molecule has 4 nitrogen and oxygen atoms in total. The Morgan fingerprint density at radius 1 is 1.35 bits per heavy atom. The van der Waals surface area contributed by atoms with Gasteiger partial charge in [-0.05, 0) is 44.0 Å². The molecule has 0 saturated carbocycles. The molecule has 1 saturated heterocycles. The normalized spacial score (nSPS) is 16.1. The van der Waals surface area contributed by atoms with Crippen molar-refractivity contribution in [2.45, 2.75) is 25.4 Å². The lowest BCUT2D eigenvalue weighted by atomic mass is 10.1. The quantitative estimate of drug-likeness (QED) is 0.839. The van der Waals surface area contributed by atoms with Gasteiger partial charge in [0.05, 0.1) is 17.7 Å². The van der Waals surface area contributed by atoms with Gasteiger partial charge in [-0.15, -0.1) is 0 Å². The van der Waals surface area contributed by atoms with E-state index in [0.29, 0.717) is 18.2 Å². The van der Waals surface area contributed by atoms with E-state index in [4.69, 9.17) is 15.7 Å². The highest BCUT2D eigenvalue weighted by atomic mass is 79.9. The Kier molecular flexibility index (Phi) is 5.84. The molecule has 1 fully saturated rings. The van der Waals surface area contributed by atoms with Crippen molar-refractivity contribution in [1.82, 2.24) is 0 Å². The molecule has 2 rings (SSSR count). The van der Waals surface area contributed by atoms with Gasteiger partial charge in [0.15, 0.2) is 0 Å².